The summed E-state index contributed by atoms with van der Waals surface area (Å²) < 4.78 is 0. The lowest BCUT2D eigenvalue weighted by Crippen LogP contribution is -1.85. The molecule has 0 heterocycles. The normalized spacial score (nSPS) is 7.74. The Labute approximate surface area is 178 Å². The van der Waals surface area contributed by atoms with Gasteiger partial charge in [0.1, 0.15) is 11.4 Å². The quantitative estimate of drug-likeness (QED) is 0.471. The first kappa shape index (κ1) is 26.2. The topological polar surface area (TPSA) is 141 Å². The first-order valence-electron chi connectivity index (χ1n) is 8.57. The number of hydrogen-bond donors (Lipinski definition) is 2. The highest BCUT2D eigenvalue weighted by molar-refractivity contribution is 5.67. The highest BCUT2D eigenvalue weighted by Gasteiger charge is 1.96. The number of nitrogens with zero attached hydrogens (tertiary/aromatic N) is 2. The minimum absolute atomic E-state index is 0.316. The number of isocyanates is 4. The van der Waals surface area contributed by atoms with Crippen molar-refractivity contribution in [3.63, 3.8) is 0 Å². The summed E-state index contributed by atoms with van der Waals surface area (Å²) in [5.41, 5.74) is 3.37. The van der Waals surface area contributed by atoms with Crippen molar-refractivity contribution >= 4 is 35.7 Å². The molecule has 154 valence electrons. The van der Waals surface area contributed by atoms with E-state index in [4.69, 9.17) is 20.4 Å². The summed E-state index contributed by atoms with van der Waals surface area (Å²) in [6.45, 7) is 0. The van der Waals surface area contributed by atoms with E-state index in [1.54, 1.807) is 24.3 Å². The summed E-state index contributed by atoms with van der Waals surface area (Å²) in [6, 6.07) is 27.5. The number of aliphatic imine (C=N–C) groups is 2. The largest absolute Gasteiger partial charge is 0.240 e. The van der Waals surface area contributed by atoms with Crippen molar-refractivity contribution in [2.45, 2.75) is 6.42 Å². The Bertz CT molecular complexity index is 975. The third-order valence-electron chi connectivity index (χ3n) is 3.31. The van der Waals surface area contributed by atoms with Crippen molar-refractivity contribution in [1.82, 2.24) is 0 Å². The lowest BCUT2D eigenvalue weighted by Gasteiger charge is -2.00. The van der Waals surface area contributed by atoms with E-state index in [1.165, 1.54) is 23.3 Å². The number of nitrogens with one attached hydrogen (secondary N) is 2. The molecule has 0 spiro atoms. The fourth-order valence-corrected chi connectivity index (χ4v) is 2.18. The van der Waals surface area contributed by atoms with Crippen LogP contribution >= 0.6 is 0 Å². The standard InChI is InChI=1S/C13H12.C8H4N2O2.2CHNO/c1-3-7-12(8-4-1)11-13-9-5-2-6-10-13;11-5-9-7-3-1-2-4-8(7)10-6-12;2*2-1-3/h1-10H,11H2;1-4H;2*2H. The van der Waals surface area contributed by atoms with Gasteiger partial charge in [0.05, 0.1) is 0 Å². The minimum atomic E-state index is 0.316. The minimum Gasteiger partial charge on any atom is -0.222 e. The summed E-state index contributed by atoms with van der Waals surface area (Å²) in [7, 11) is 0. The van der Waals surface area contributed by atoms with Gasteiger partial charge in [-0.25, -0.2) is 30.0 Å². The molecule has 0 saturated carbocycles. The van der Waals surface area contributed by atoms with Crippen molar-refractivity contribution < 1.29 is 19.2 Å². The van der Waals surface area contributed by atoms with E-state index >= 15 is 0 Å². The predicted octanol–water partition coefficient (Wildman–Crippen LogP) is 4.70. The molecule has 3 rings (SSSR count). The van der Waals surface area contributed by atoms with E-state index in [1.807, 2.05) is 0 Å². The Balaban J connectivity index is 0.000000466. The Hall–Kier alpha value is -4.82. The summed E-state index contributed by atoms with van der Waals surface area (Å²) in [6.07, 6.45) is 5.27. The SMILES string of the molecule is N=C=O.N=C=O.O=C=Nc1ccccc1N=C=O.c1ccc(Cc2ccccc2)cc1. The van der Waals surface area contributed by atoms with Gasteiger partial charge in [0.15, 0.2) is 0 Å². The van der Waals surface area contributed by atoms with E-state index in [9.17, 15) is 9.59 Å². The molecule has 0 amide bonds. The first-order chi connectivity index (χ1) is 15.2. The van der Waals surface area contributed by atoms with Gasteiger partial charge in [-0.2, -0.15) is 9.98 Å². The smallest absolute Gasteiger partial charge is 0.222 e. The van der Waals surface area contributed by atoms with E-state index in [-0.39, 0.29) is 0 Å². The van der Waals surface area contributed by atoms with Gasteiger partial charge in [0.25, 0.3) is 0 Å². The van der Waals surface area contributed by atoms with Gasteiger partial charge in [-0.3, -0.25) is 0 Å². The summed E-state index contributed by atoms with van der Waals surface area (Å²) >= 11 is 0. The van der Waals surface area contributed by atoms with Gasteiger partial charge in [-0.05, 0) is 29.7 Å². The lowest BCUT2D eigenvalue weighted by molar-refractivity contribution is 0.562. The number of rotatable bonds is 4. The van der Waals surface area contributed by atoms with Crippen LogP contribution < -0.4 is 0 Å². The molecule has 3 aromatic rings. The molecule has 8 nitrogen and oxygen atoms in total. The maximum atomic E-state index is 9.90. The second-order valence-corrected chi connectivity index (χ2v) is 5.25. The molecule has 0 aliphatic heterocycles. The lowest BCUT2D eigenvalue weighted by atomic mass is 10.1. The average molecular weight is 414 g/mol. The van der Waals surface area contributed by atoms with Crippen molar-refractivity contribution in [3.8, 4) is 0 Å². The molecule has 31 heavy (non-hydrogen) atoms. The van der Waals surface area contributed by atoms with Crippen LogP contribution in [-0.4, -0.2) is 24.3 Å². The van der Waals surface area contributed by atoms with Gasteiger partial charge in [-0.1, -0.05) is 72.8 Å². The summed E-state index contributed by atoms with van der Waals surface area (Å²) in [5, 5.41) is 10.8. The van der Waals surface area contributed by atoms with E-state index in [0.717, 1.165) is 18.6 Å². The van der Waals surface area contributed by atoms with Gasteiger partial charge in [0, 0.05) is 0 Å². The van der Waals surface area contributed by atoms with E-state index < -0.39 is 0 Å². The second-order valence-electron chi connectivity index (χ2n) is 5.25. The molecule has 0 aliphatic carbocycles. The number of hydrogen-bond acceptors (Lipinski definition) is 8. The molecule has 0 bridgehead atoms. The Morgan fingerprint density at radius 1 is 0.548 bits per heavy atom. The fourth-order valence-electron chi connectivity index (χ4n) is 2.18. The van der Waals surface area contributed by atoms with E-state index in [2.05, 4.69) is 70.6 Å². The van der Waals surface area contributed by atoms with Gasteiger partial charge >= 0.3 is 0 Å². The van der Waals surface area contributed by atoms with Crippen LogP contribution in [0.25, 0.3) is 0 Å². The molecule has 3 aromatic carbocycles. The number of benzene rings is 3. The van der Waals surface area contributed by atoms with E-state index in [0.29, 0.717) is 11.4 Å². The van der Waals surface area contributed by atoms with Crippen LogP contribution in [0.4, 0.5) is 11.4 Å². The predicted molar refractivity (Wildman–Crippen MR) is 115 cm³/mol. The molecular formula is C23H18N4O4. The van der Waals surface area contributed by atoms with Gasteiger partial charge in [0.2, 0.25) is 24.3 Å². The third kappa shape index (κ3) is 13.1. The Morgan fingerprint density at radius 3 is 1.13 bits per heavy atom. The number of para-hydroxylation sites is 2. The van der Waals surface area contributed by atoms with Crippen molar-refractivity contribution in [3.05, 3.63) is 96.1 Å². The van der Waals surface area contributed by atoms with Crippen LogP contribution in [0.15, 0.2) is 94.9 Å². The molecule has 0 radical (unpaired) electrons. The number of carbonyl (C=O) groups excluding carboxylic acids is 4. The van der Waals surface area contributed by atoms with Crippen LogP contribution in [0.3, 0.4) is 0 Å². The maximum Gasteiger partial charge on any atom is 0.240 e. The maximum absolute atomic E-state index is 9.90. The zero-order valence-corrected chi connectivity index (χ0v) is 16.3. The van der Waals surface area contributed by atoms with Crippen LogP contribution in [-0.2, 0) is 25.6 Å². The molecule has 0 saturated heterocycles. The highest BCUT2D eigenvalue weighted by Crippen LogP contribution is 2.25. The molecule has 0 atom stereocenters. The highest BCUT2D eigenvalue weighted by atomic mass is 16.1. The molecular weight excluding hydrogens is 396 g/mol. The van der Waals surface area contributed by atoms with Crippen molar-refractivity contribution in [2.24, 2.45) is 9.98 Å². The molecule has 8 heteroatoms. The van der Waals surface area contributed by atoms with Crippen molar-refractivity contribution in [1.29, 1.82) is 10.8 Å². The summed E-state index contributed by atoms with van der Waals surface area (Å²) in [4.78, 5) is 43.2. The summed E-state index contributed by atoms with van der Waals surface area (Å²) in [5.74, 6) is 0. The fraction of sp³-hybridized carbons (Fsp3) is 0.0435. The average Bonchev–Trinajstić information content (AvgIpc) is 2.79. The monoisotopic (exact) mass is 414 g/mol. The second kappa shape index (κ2) is 18.5. The van der Waals surface area contributed by atoms with Crippen LogP contribution in [0.5, 0.6) is 0 Å². The first-order valence-corrected chi connectivity index (χ1v) is 8.57. The molecule has 0 aromatic heterocycles. The van der Waals surface area contributed by atoms with Gasteiger partial charge in [-0.15, -0.1) is 0 Å². The molecule has 0 aliphatic rings. The van der Waals surface area contributed by atoms with Crippen molar-refractivity contribution in [2.75, 3.05) is 0 Å². The molecule has 2 N–H and O–H groups in total. The zero-order valence-electron chi connectivity index (χ0n) is 16.3. The molecule has 0 fully saturated rings. The third-order valence-corrected chi connectivity index (χ3v) is 3.31. The Morgan fingerprint density at radius 2 is 0.839 bits per heavy atom. The Kier molecular flexibility index (Phi) is 15.7. The zero-order chi connectivity index (χ0) is 23.2. The van der Waals surface area contributed by atoms with Gasteiger partial charge < -0.3 is 0 Å². The molecule has 0 unspecified atom stereocenters. The van der Waals surface area contributed by atoms with Crippen LogP contribution in [0.1, 0.15) is 11.1 Å². The van der Waals surface area contributed by atoms with Crippen LogP contribution in [0, 0.1) is 10.8 Å². The van der Waals surface area contributed by atoms with Crippen LogP contribution in [0.2, 0.25) is 0 Å².